The highest BCUT2D eigenvalue weighted by molar-refractivity contribution is 8.13. The van der Waals surface area contributed by atoms with Crippen molar-refractivity contribution in [2.24, 2.45) is 11.3 Å². The zero-order chi connectivity index (χ0) is 14.5. The highest BCUT2D eigenvalue weighted by Gasteiger charge is 2.27. The van der Waals surface area contributed by atoms with E-state index in [1.165, 1.54) is 12.8 Å². The predicted molar refractivity (Wildman–Crippen MR) is 80.0 cm³/mol. The van der Waals surface area contributed by atoms with Crippen LogP contribution in [-0.4, -0.2) is 26.9 Å². The van der Waals surface area contributed by atoms with Crippen LogP contribution in [0.5, 0.6) is 0 Å². The second kappa shape index (κ2) is 7.28. The molecule has 0 N–H and O–H groups in total. The van der Waals surface area contributed by atoms with Gasteiger partial charge in [-0.1, -0.05) is 20.8 Å². The van der Waals surface area contributed by atoms with Gasteiger partial charge in [0.25, 0.3) is 0 Å². The molecule has 0 aromatic rings. The molecule has 1 unspecified atom stereocenters. The van der Waals surface area contributed by atoms with Gasteiger partial charge in [0.15, 0.2) is 0 Å². The monoisotopic (exact) mass is 310 g/mol. The summed E-state index contributed by atoms with van der Waals surface area (Å²) in [4.78, 5) is 0. The van der Waals surface area contributed by atoms with Gasteiger partial charge in [-0.15, -0.1) is 0 Å². The second-order valence-corrected chi connectivity index (χ2v) is 9.56. The Morgan fingerprint density at radius 2 is 1.84 bits per heavy atom. The van der Waals surface area contributed by atoms with Gasteiger partial charge in [-0.3, -0.25) is 0 Å². The maximum absolute atomic E-state index is 10.9. The summed E-state index contributed by atoms with van der Waals surface area (Å²) in [6.07, 6.45) is 6.70. The molecule has 0 aromatic carbocycles. The molecule has 0 spiro atoms. The van der Waals surface area contributed by atoms with Gasteiger partial charge in [0.2, 0.25) is 9.05 Å². The van der Waals surface area contributed by atoms with Crippen LogP contribution in [-0.2, 0) is 13.8 Å². The van der Waals surface area contributed by atoms with E-state index in [4.69, 9.17) is 15.4 Å². The minimum Gasteiger partial charge on any atom is -0.378 e. The molecule has 1 saturated carbocycles. The predicted octanol–water partition coefficient (Wildman–Crippen LogP) is 3.96. The van der Waals surface area contributed by atoms with Crippen LogP contribution in [0.3, 0.4) is 0 Å². The zero-order valence-corrected chi connectivity index (χ0v) is 13.9. The Labute approximate surface area is 122 Å². The minimum atomic E-state index is -3.35. The molecule has 1 fully saturated rings. The topological polar surface area (TPSA) is 43.4 Å². The lowest BCUT2D eigenvalue weighted by atomic mass is 9.76. The Bertz CT molecular complexity index is 355. The molecule has 1 atom stereocenters. The quantitative estimate of drug-likeness (QED) is 0.669. The fourth-order valence-corrected chi connectivity index (χ4v) is 3.41. The molecule has 0 heterocycles. The van der Waals surface area contributed by atoms with Crippen LogP contribution >= 0.6 is 10.7 Å². The first-order chi connectivity index (χ1) is 8.68. The molecule has 0 saturated heterocycles. The second-order valence-electron chi connectivity index (χ2n) is 6.66. The molecule has 19 heavy (non-hydrogen) atoms. The molecule has 1 rings (SSSR count). The summed E-state index contributed by atoms with van der Waals surface area (Å²) >= 11 is 0. The van der Waals surface area contributed by atoms with Gasteiger partial charge < -0.3 is 4.74 Å². The fourth-order valence-electron chi connectivity index (χ4n) is 2.46. The van der Waals surface area contributed by atoms with Crippen LogP contribution in [0.25, 0.3) is 0 Å². The molecule has 0 radical (unpaired) electrons. The van der Waals surface area contributed by atoms with E-state index >= 15 is 0 Å². The van der Waals surface area contributed by atoms with Gasteiger partial charge in [-0.25, -0.2) is 8.42 Å². The van der Waals surface area contributed by atoms with Crippen molar-refractivity contribution in [1.29, 1.82) is 0 Å². The van der Waals surface area contributed by atoms with Crippen LogP contribution in [0.1, 0.15) is 59.3 Å². The van der Waals surface area contributed by atoms with Crippen molar-refractivity contribution in [2.75, 3.05) is 12.4 Å². The lowest BCUT2D eigenvalue weighted by Crippen LogP contribution is -2.27. The van der Waals surface area contributed by atoms with Crippen molar-refractivity contribution in [2.45, 2.75) is 65.4 Å². The van der Waals surface area contributed by atoms with Gasteiger partial charge in [-0.2, -0.15) is 0 Å². The van der Waals surface area contributed by atoms with E-state index in [2.05, 4.69) is 20.8 Å². The number of halogens is 1. The molecule has 0 bridgehead atoms. The van der Waals surface area contributed by atoms with Crippen molar-refractivity contribution >= 4 is 19.7 Å². The summed E-state index contributed by atoms with van der Waals surface area (Å²) in [6, 6.07) is 0. The maximum atomic E-state index is 10.9. The average molecular weight is 311 g/mol. The van der Waals surface area contributed by atoms with E-state index in [0.717, 1.165) is 25.9 Å². The Balaban J connectivity index is 2.10. The SMILES string of the molecule is CC(CCOC1CCC(C)(C)CC1)CCS(=O)(=O)Cl. The lowest BCUT2D eigenvalue weighted by Gasteiger charge is -2.34. The van der Waals surface area contributed by atoms with E-state index < -0.39 is 9.05 Å². The van der Waals surface area contributed by atoms with Crippen molar-refractivity contribution in [1.82, 2.24) is 0 Å². The molecular formula is C14H27ClO3S. The van der Waals surface area contributed by atoms with Crippen molar-refractivity contribution in [3.05, 3.63) is 0 Å². The van der Waals surface area contributed by atoms with Crippen molar-refractivity contribution in [3.8, 4) is 0 Å². The third kappa shape index (κ3) is 8.16. The molecule has 0 amide bonds. The van der Waals surface area contributed by atoms with E-state index in [1.807, 2.05) is 0 Å². The molecule has 1 aliphatic carbocycles. The summed E-state index contributed by atoms with van der Waals surface area (Å²) in [6.45, 7) is 7.42. The van der Waals surface area contributed by atoms with Gasteiger partial charge in [0.05, 0.1) is 11.9 Å². The summed E-state index contributed by atoms with van der Waals surface area (Å²) < 4.78 is 27.6. The third-order valence-corrected chi connectivity index (χ3v) is 5.29. The molecule has 0 aromatic heterocycles. The summed E-state index contributed by atoms with van der Waals surface area (Å²) in [5.74, 6) is 0.404. The lowest BCUT2D eigenvalue weighted by molar-refractivity contribution is -0.000575. The first-order valence-electron chi connectivity index (χ1n) is 7.22. The molecule has 3 nitrogen and oxygen atoms in total. The summed E-state index contributed by atoms with van der Waals surface area (Å²) in [5.41, 5.74) is 0.474. The van der Waals surface area contributed by atoms with Crippen LogP contribution in [0.4, 0.5) is 0 Å². The summed E-state index contributed by atoms with van der Waals surface area (Å²) in [7, 11) is 1.85. The summed E-state index contributed by atoms with van der Waals surface area (Å²) in [5, 5.41) is 0. The van der Waals surface area contributed by atoms with Crippen LogP contribution in [0.2, 0.25) is 0 Å². The van der Waals surface area contributed by atoms with Gasteiger partial charge >= 0.3 is 0 Å². The van der Waals surface area contributed by atoms with Gasteiger partial charge in [-0.05, 0) is 49.9 Å². The number of hydrogen-bond donors (Lipinski definition) is 0. The van der Waals surface area contributed by atoms with E-state index in [9.17, 15) is 8.42 Å². The van der Waals surface area contributed by atoms with Crippen LogP contribution in [0.15, 0.2) is 0 Å². The van der Waals surface area contributed by atoms with Gasteiger partial charge in [0.1, 0.15) is 0 Å². The minimum absolute atomic E-state index is 0.0628. The molecule has 114 valence electrons. The Hall–Kier alpha value is 0.200. The maximum Gasteiger partial charge on any atom is 0.232 e. The molecule has 1 aliphatic rings. The Morgan fingerprint density at radius 1 is 1.26 bits per heavy atom. The van der Waals surface area contributed by atoms with Crippen molar-refractivity contribution in [3.63, 3.8) is 0 Å². The molecular weight excluding hydrogens is 284 g/mol. The third-order valence-electron chi connectivity index (χ3n) is 4.10. The van der Waals surface area contributed by atoms with Crippen LogP contribution < -0.4 is 0 Å². The smallest absolute Gasteiger partial charge is 0.232 e. The Morgan fingerprint density at radius 3 is 2.37 bits per heavy atom. The van der Waals surface area contributed by atoms with E-state index in [1.54, 1.807) is 0 Å². The zero-order valence-electron chi connectivity index (χ0n) is 12.3. The normalized spacial score (nSPS) is 22.3. The highest BCUT2D eigenvalue weighted by Crippen LogP contribution is 2.36. The first-order valence-corrected chi connectivity index (χ1v) is 9.70. The number of ether oxygens (including phenoxy) is 1. The molecule has 0 aliphatic heterocycles. The van der Waals surface area contributed by atoms with Gasteiger partial charge in [0, 0.05) is 17.3 Å². The molecule has 5 heteroatoms. The number of rotatable bonds is 7. The largest absolute Gasteiger partial charge is 0.378 e. The van der Waals surface area contributed by atoms with Crippen LogP contribution in [0, 0.1) is 11.3 Å². The highest BCUT2D eigenvalue weighted by atomic mass is 35.7. The Kier molecular flexibility index (Phi) is 6.61. The number of hydrogen-bond acceptors (Lipinski definition) is 3. The standard InChI is InChI=1S/C14H27ClO3S/c1-12(7-11-19(15,16)17)6-10-18-13-4-8-14(2,3)9-5-13/h12-13H,4-11H2,1-3H3. The van der Waals surface area contributed by atoms with E-state index in [0.29, 0.717) is 23.9 Å². The fraction of sp³-hybridized carbons (Fsp3) is 1.00. The first kappa shape index (κ1) is 17.3. The van der Waals surface area contributed by atoms with Crippen molar-refractivity contribution < 1.29 is 13.2 Å². The average Bonchev–Trinajstić information content (AvgIpc) is 2.28. The van der Waals surface area contributed by atoms with E-state index in [-0.39, 0.29) is 5.75 Å².